The van der Waals surface area contributed by atoms with Crippen molar-refractivity contribution in [3.05, 3.63) is 40.2 Å². The van der Waals surface area contributed by atoms with Gasteiger partial charge in [0.15, 0.2) is 0 Å². The van der Waals surface area contributed by atoms with Gasteiger partial charge in [0.05, 0.1) is 16.4 Å². The van der Waals surface area contributed by atoms with Gasteiger partial charge in [0.1, 0.15) is 5.82 Å². The van der Waals surface area contributed by atoms with E-state index in [1.165, 1.54) is 6.07 Å². The van der Waals surface area contributed by atoms with Crippen LogP contribution in [0, 0.1) is 11.7 Å². The summed E-state index contributed by atoms with van der Waals surface area (Å²) < 4.78 is 13.7. The molecule has 2 N–H and O–H groups in total. The highest BCUT2D eigenvalue weighted by molar-refractivity contribution is 9.10. The summed E-state index contributed by atoms with van der Waals surface area (Å²) in [6, 6.07) is 4.96. The summed E-state index contributed by atoms with van der Waals surface area (Å²) in [6.07, 6.45) is 1.81. The molecule has 19 heavy (non-hydrogen) atoms. The number of H-pyrrole nitrogens is 1. The lowest BCUT2D eigenvalue weighted by atomic mass is 10.1. The molecule has 0 aliphatic heterocycles. The normalized spacial score (nSPS) is 11.2. The molecule has 2 rings (SSSR count). The van der Waals surface area contributed by atoms with Gasteiger partial charge in [-0.2, -0.15) is 5.10 Å². The van der Waals surface area contributed by atoms with E-state index < -0.39 is 0 Å². The topological polar surface area (TPSA) is 40.7 Å². The number of nitrogens with zero attached hydrogens (tertiary/aromatic N) is 1. The lowest BCUT2D eigenvalue weighted by Gasteiger charge is -2.08. The van der Waals surface area contributed by atoms with Gasteiger partial charge in [-0.15, -0.1) is 0 Å². The van der Waals surface area contributed by atoms with Crippen LogP contribution >= 0.6 is 15.9 Å². The third-order valence-electron chi connectivity index (χ3n) is 2.79. The molecule has 0 unspecified atom stereocenters. The molecule has 1 aromatic heterocycles. The van der Waals surface area contributed by atoms with Crippen LogP contribution in [-0.2, 0) is 6.54 Å². The predicted molar refractivity (Wildman–Crippen MR) is 78.2 cm³/mol. The molecule has 2 aromatic rings. The van der Waals surface area contributed by atoms with E-state index in [9.17, 15) is 4.39 Å². The van der Waals surface area contributed by atoms with Crippen LogP contribution in [-0.4, -0.2) is 16.7 Å². The second-order valence-electron chi connectivity index (χ2n) is 4.92. The zero-order valence-corrected chi connectivity index (χ0v) is 12.6. The van der Waals surface area contributed by atoms with Gasteiger partial charge in [-0.1, -0.05) is 13.8 Å². The van der Waals surface area contributed by atoms with Crippen molar-refractivity contribution in [2.75, 3.05) is 6.54 Å². The Balaban J connectivity index is 2.16. The Kier molecular flexibility index (Phi) is 4.71. The van der Waals surface area contributed by atoms with E-state index >= 15 is 0 Å². The second kappa shape index (κ2) is 6.30. The van der Waals surface area contributed by atoms with Crippen LogP contribution in [0.25, 0.3) is 11.3 Å². The molecule has 102 valence electrons. The first kappa shape index (κ1) is 14.2. The SMILES string of the molecule is CC(C)CNCc1cn[nH]c1-c1ccc(F)c(Br)c1. The average Bonchev–Trinajstić information content (AvgIpc) is 2.80. The Morgan fingerprint density at radius 3 is 2.89 bits per heavy atom. The van der Waals surface area contributed by atoms with Crippen molar-refractivity contribution in [1.82, 2.24) is 15.5 Å². The molecular weight excluding hydrogens is 309 g/mol. The Morgan fingerprint density at radius 1 is 1.42 bits per heavy atom. The van der Waals surface area contributed by atoms with E-state index in [0.29, 0.717) is 10.4 Å². The van der Waals surface area contributed by atoms with Crippen LogP contribution in [0.2, 0.25) is 0 Å². The number of hydrogen-bond acceptors (Lipinski definition) is 2. The number of hydrogen-bond donors (Lipinski definition) is 2. The standard InChI is InChI=1S/C14H17BrFN3/c1-9(2)6-17-7-11-8-18-19-14(11)10-3-4-13(16)12(15)5-10/h3-5,8-9,17H,6-7H2,1-2H3,(H,18,19). The lowest BCUT2D eigenvalue weighted by molar-refractivity contribution is 0.553. The first-order valence-electron chi connectivity index (χ1n) is 6.26. The monoisotopic (exact) mass is 325 g/mol. The fourth-order valence-electron chi connectivity index (χ4n) is 1.84. The summed E-state index contributed by atoms with van der Waals surface area (Å²) in [5, 5.41) is 10.4. The van der Waals surface area contributed by atoms with E-state index in [1.54, 1.807) is 18.3 Å². The highest BCUT2D eigenvalue weighted by Crippen LogP contribution is 2.26. The molecule has 1 heterocycles. The van der Waals surface area contributed by atoms with Crippen LogP contribution in [0.5, 0.6) is 0 Å². The number of halogens is 2. The van der Waals surface area contributed by atoms with Crippen molar-refractivity contribution in [2.24, 2.45) is 5.92 Å². The van der Waals surface area contributed by atoms with Crippen LogP contribution in [0.1, 0.15) is 19.4 Å². The van der Waals surface area contributed by atoms with E-state index in [4.69, 9.17) is 0 Å². The van der Waals surface area contributed by atoms with Crippen molar-refractivity contribution in [3.8, 4) is 11.3 Å². The number of aromatic nitrogens is 2. The first-order valence-corrected chi connectivity index (χ1v) is 7.05. The van der Waals surface area contributed by atoms with Crippen LogP contribution in [0.4, 0.5) is 4.39 Å². The van der Waals surface area contributed by atoms with Gasteiger partial charge in [-0.25, -0.2) is 4.39 Å². The molecule has 0 atom stereocenters. The molecule has 0 radical (unpaired) electrons. The maximum absolute atomic E-state index is 13.2. The van der Waals surface area contributed by atoms with Crippen molar-refractivity contribution in [3.63, 3.8) is 0 Å². The Labute approximate surface area is 120 Å². The maximum atomic E-state index is 13.2. The molecule has 0 spiro atoms. The Bertz CT molecular complexity index is 551. The predicted octanol–water partition coefficient (Wildman–Crippen LogP) is 3.72. The summed E-state index contributed by atoms with van der Waals surface area (Å²) in [5.74, 6) is 0.345. The maximum Gasteiger partial charge on any atom is 0.137 e. The number of rotatable bonds is 5. The summed E-state index contributed by atoms with van der Waals surface area (Å²) >= 11 is 3.20. The van der Waals surface area contributed by atoms with E-state index in [0.717, 1.165) is 29.9 Å². The van der Waals surface area contributed by atoms with Gasteiger partial charge in [-0.3, -0.25) is 5.10 Å². The molecule has 3 nitrogen and oxygen atoms in total. The molecule has 0 fully saturated rings. The number of nitrogens with one attached hydrogen (secondary N) is 2. The van der Waals surface area contributed by atoms with Crippen molar-refractivity contribution < 1.29 is 4.39 Å². The molecule has 0 saturated heterocycles. The van der Waals surface area contributed by atoms with E-state index in [1.807, 2.05) is 0 Å². The summed E-state index contributed by atoms with van der Waals surface area (Å²) in [6.45, 7) is 6.04. The molecular formula is C14H17BrFN3. The Morgan fingerprint density at radius 2 is 2.21 bits per heavy atom. The highest BCUT2D eigenvalue weighted by atomic mass is 79.9. The van der Waals surface area contributed by atoms with Crippen molar-refractivity contribution >= 4 is 15.9 Å². The smallest absolute Gasteiger partial charge is 0.137 e. The van der Waals surface area contributed by atoms with Crippen LogP contribution < -0.4 is 5.32 Å². The molecule has 1 aromatic carbocycles. The van der Waals surface area contributed by atoms with Crippen molar-refractivity contribution in [1.29, 1.82) is 0 Å². The van der Waals surface area contributed by atoms with E-state index in [-0.39, 0.29) is 5.82 Å². The highest BCUT2D eigenvalue weighted by Gasteiger charge is 2.09. The molecule has 0 aliphatic rings. The molecule has 0 saturated carbocycles. The Hall–Kier alpha value is -1.20. The fraction of sp³-hybridized carbons (Fsp3) is 0.357. The minimum atomic E-state index is -0.261. The van der Waals surface area contributed by atoms with Gasteiger partial charge in [0.25, 0.3) is 0 Å². The van der Waals surface area contributed by atoms with Gasteiger partial charge in [0, 0.05) is 17.7 Å². The third-order valence-corrected chi connectivity index (χ3v) is 3.40. The summed E-state index contributed by atoms with van der Waals surface area (Å²) in [5.41, 5.74) is 2.93. The average molecular weight is 326 g/mol. The molecule has 5 heteroatoms. The summed E-state index contributed by atoms with van der Waals surface area (Å²) in [7, 11) is 0. The fourth-order valence-corrected chi connectivity index (χ4v) is 2.22. The summed E-state index contributed by atoms with van der Waals surface area (Å²) in [4.78, 5) is 0. The molecule has 0 bridgehead atoms. The van der Waals surface area contributed by atoms with Crippen LogP contribution in [0.15, 0.2) is 28.9 Å². The van der Waals surface area contributed by atoms with Crippen LogP contribution in [0.3, 0.4) is 0 Å². The van der Waals surface area contributed by atoms with Gasteiger partial charge >= 0.3 is 0 Å². The molecule has 0 aliphatic carbocycles. The largest absolute Gasteiger partial charge is 0.312 e. The lowest BCUT2D eigenvalue weighted by Crippen LogP contribution is -2.19. The zero-order chi connectivity index (χ0) is 13.8. The van der Waals surface area contributed by atoms with Gasteiger partial charge in [-0.05, 0) is 46.6 Å². The first-order chi connectivity index (χ1) is 9.08. The van der Waals surface area contributed by atoms with Gasteiger partial charge < -0.3 is 5.32 Å². The van der Waals surface area contributed by atoms with Gasteiger partial charge in [0.2, 0.25) is 0 Å². The van der Waals surface area contributed by atoms with Crippen molar-refractivity contribution in [2.45, 2.75) is 20.4 Å². The quantitative estimate of drug-likeness (QED) is 0.879. The second-order valence-corrected chi connectivity index (χ2v) is 5.78. The minimum absolute atomic E-state index is 0.261. The minimum Gasteiger partial charge on any atom is -0.312 e. The van der Waals surface area contributed by atoms with E-state index in [2.05, 4.69) is 45.3 Å². The molecule has 0 amide bonds. The number of benzene rings is 1. The number of aromatic amines is 1. The third kappa shape index (κ3) is 3.64. The zero-order valence-electron chi connectivity index (χ0n) is 11.0.